The van der Waals surface area contributed by atoms with E-state index in [1.54, 1.807) is 29.2 Å². The fourth-order valence-electron chi connectivity index (χ4n) is 3.30. The second-order valence-electron chi connectivity index (χ2n) is 7.14. The Balaban J connectivity index is 1.54. The topological polar surface area (TPSA) is 53.3 Å². The fourth-order valence-corrected chi connectivity index (χ4v) is 3.30. The average molecular weight is 403 g/mol. The lowest BCUT2D eigenvalue weighted by molar-refractivity contribution is -0.684. The van der Waals surface area contributed by atoms with Crippen LogP contribution in [0.2, 0.25) is 0 Å². The molecule has 1 N–H and O–H groups in total. The molecule has 0 aliphatic carbocycles. The van der Waals surface area contributed by atoms with E-state index < -0.39 is 0 Å². The summed E-state index contributed by atoms with van der Waals surface area (Å²) in [5.74, 6) is -0.109. The van der Waals surface area contributed by atoms with Gasteiger partial charge in [-0.3, -0.25) is 9.59 Å². The van der Waals surface area contributed by atoms with Gasteiger partial charge in [0, 0.05) is 36.5 Å². The molecular formula is C25H28N3O2+. The first kappa shape index (κ1) is 21.2. The summed E-state index contributed by atoms with van der Waals surface area (Å²) in [5.41, 5.74) is 3.76. The highest BCUT2D eigenvalue weighted by atomic mass is 16.2. The van der Waals surface area contributed by atoms with Gasteiger partial charge in [-0.1, -0.05) is 30.3 Å². The Morgan fingerprint density at radius 3 is 2.03 bits per heavy atom. The SMILES string of the molecule is CCN(CC)C(=O)c1ccc(NC(=O)C[n+]2ccc(Cc3ccccc3)cc2)cc1. The van der Waals surface area contributed by atoms with Gasteiger partial charge in [-0.05, 0) is 55.7 Å². The van der Waals surface area contributed by atoms with Gasteiger partial charge in [-0.25, -0.2) is 0 Å². The van der Waals surface area contributed by atoms with Crippen LogP contribution >= 0.6 is 0 Å². The molecule has 0 saturated carbocycles. The highest BCUT2D eigenvalue weighted by Gasteiger charge is 2.13. The molecule has 0 atom stereocenters. The zero-order chi connectivity index (χ0) is 21.3. The number of rotatable bonds is 8. The molecule has 2 amide bonds. The number of aromatic nitrogens is 1. The molecule has 1 heterocycles. The minimum atomic E-state index is -0.112. The summed E-state index contributed by atoms with van der Waals surface area (Å²) in [7, 11) is 0. The number of hydrogen-bond acceptors (Lipinski definition) is 2. The van der Waals surface area contributed by atoms with Crippen LogP contribution in [-0.2, 0) is 17.8 Å². The van der Waals surface area contributed by atoms with Crippen molar-refractivity contribution in [1.82, 2.24) is 4.90 Å². The van der Waals surface area contributed by atoms with Crippen molar-refractivity contribution in [3.63, 3.8) is 0 Å². The zero-order valence-corrected chi connectivity index (χ0v) is 17.5. The van der Waals surface area contributed by atoms with Crippen molar-refractivity contribution in [2.24, 2.45) is 0 Å². The second-order valence-corrected chi connectivity index (χ2v) is 7.14. The van der Waals surface area contributed by atoms with Crippen LogP contribution in [0.25, 0.3) is 0 Å². The van der Waals surface area contributed by atoms with Crippen molar-refractivity contribution in [3.05, 3.63) is 95.8 Å². The minimum Gasteiger partial charge on any atom is -0.339 e. The molecule has 0 fully saturated rings. The van der Waals surface area contributed by atoms with Gasteiger partial charge in [-0.2, -0.15) is 4.57 Å². The molecule has 5 nitrogen and oxygen atoms in total. The molecule has 2 aromatic carbocycles. The Kier molecular flexibility index (Phi) is 7.33. The standard InChI is InChI=1S/C25H27N3O2/c1-3-28(4-2)25(30)22-10-12-23(13-11-22)26-24(29)19-27-16-14-21(15-17-27)18-20-8-6-5-7-9-20/h5-17H,3-4,18-19H2,1-2H3/p+1. The molecule has 0 radical (unpaired) electrons. The number of carbonyl (C=O) groups excluding carboxylic acids is 2. The van der Waals surface area contributed by atoms with Gasteiger partial charge in [0.2, 0.25) is 6.54 Å². The van der Waals surface area contributed by atoms with E-state index >= 15 is 0 Å². The largest absolute Gasteiger partial charge is 0.339 e. The molecule has 0 aliphatic heterocycles. The van der Waals surface area contributed by atoms with Crippen LogP contribution in [0.15, 0.2) is 79.1 Å². The lowest BCUT2D eigenvalue weighted by Crippen LogP contribution is -2.39. The maximum atomic E-state index is 12.4. The van der Waals surface area contributed by atoms with Crippen LogP contribution in [0.5, 0.6) is 0 Å². The first-order valence-corrected chi connectivity index (χ1v) is 10.3. The maximum absolute atomic E-state index is 12.4. The molecule has 0 spiro atoms. The summed E-state index contributed by atoms with van der Waals surface area (Å²) in [5, 5.41) is 2.88. The van der Waals surface area contributed by atoms with Gasteiger partial charge < -0.3 is 10.2 Å². The molecule has 0 unspecified atom stereocenters. The lowest BCUT2D eigenvalue weighted by atomic mass is 10.1. The maximum Gasteiger partial charge on any atom is 0.290 e. The van der Waals surface area contributed by atoms with Crippen molar-refractivity contribution in [2.75, 3.05) is 18.4 Å². The minimum absolute atomic E-state index is 0.00373. The van der Waals surface area contributed by atoms with Crippen LogP contribution in [0.3, 0.4) is 0 Å². The molecule has 0 saturated heterocycles. The van der Waals surface area contributed by atoms with Crippen LogP contribution < -0.4 is 9.88 Å². The zero-order valence-electron chi connectivity index (χ0n) is 17.5. The van der Waals surface area contributed by atoms with Gasteiger partial charge in [0.1, 0.15) is 0 Å². The Morgan fingerprint density at radius 2 is 1.43 bits per heavy atom. The van der Waals surface area contributed by atoms with E-state index in [-0.39, 0.29) is 18.4 Å². The summed E-state index contributed by atoms with van der Waals surface area (Å²) in [4.78, 5) is 26.5. The smallest absolute Gasteiger partial charge is 0.290 e. The molecule has 5 heteroatoms. The van der Waals surface area contributed by atoms with E-state index in [0.29, 0.717) is 24.3 Å². The third kappa shape index (κ3) is 5.77. The van der Waals surface area contributed by atoms with E-state index in [2.05, 4.69) is 17.4 Å². The average Bonchev–Trinajstić information content (AvgIpc) is 2.77. The quantitative estimate of drug-likeness (QED) is 0.585. The van der Waals surface area contributed by atoms with E-state index in [0.717, 1.165) is 6.42 Å². The van der Waals surface area contributed by atoms with Crippen molar-refractivity contribution >= 4 is 17.5 Å². The van der Waals surface area contributed by atoms with Crippen LogP contribution in [0.1, 0.15) is 35.3 Å². The van der Waals surface area contributed by atoms with Crippen LogP contribution in [0, 0.1) is 0 Å². The van der Waals surface area contributed by atoms with E-state index in [1.807, 2.05) is 61.1 Å². The lowest BCUT2D eigenvalue weighted by Gasteiger charge is -2.18. The number of nitrogens with one attached hydrogen (secondary N) is 1. The highest BCUT2D eigenvalue weighted by molar-refractivity contribution is 5.95. The Hall–Kier alpha value is -3.47. The van der Waals surface area contributed by atoms with Gasteiger partial charge in [0.15, 0.2) is 12.4 Å². The second kappa shape index (κ2) is 10.3. The first-order chi connectivity index (χ1) is 14.6. The predicted octanol–water partition coefficient (Wildman–Crippen LogP) is 3.69. The number of carbonyl (C=O) groups is 2. The summed E-state index contributed by atoms with van der Waals surface area (Å²) in [6.45, 7) is 5.50. The van der Waals surface area contributed by atoms with E-state index in [1.165, 1.54) is 11.1 Å². The molecule has 3 aromatic rings. The molecule has 3 rings (SSSR count). The van der Waals surface area contributed by atoms with Crippen molar-refractivity contribution in [3.8, 4) is 0 Å². The van der Waals surface area contributed by atoms with Crippen molar-refractivity contribution in [2.45, 2.75) is 26.8 Å². The summed E-state index contributed by atoms with van der Waals surface area (Å²) in [6.07, 6.45) is 4.71. The predicted molar refractivity (Wildman–Crippen MR) is 118 cm³/mol. The van der Waals surface area contributed by atoms with Crippen LogP contribution in [0.4, 0.5) is 5.69 Å². The van der Waals surface area contributed by atoms with Gasteiger partial charge >= 0.3 is 0 Å². The third-order valence-electron chi connectivity index (χ3n) is 5.00. The Labute approximate surface area is 178 Å². The molecule has 1 aromatic heterocycles. The van der Waals surface area contributed by atoms with E-state index in [9.17, 15) is 9.59 Å². The van der Waals surface area contributed by atoms with Gasteiger partial charge in [0.25, 0.3) is 11.8 Å². The molecule has 0 bridgehead atoms. The number of hydrogen-bond donors (Lipinski definition) is 1. The van der Waals surface area contributed by atoms with E-state index in [4.69, 9.17) is 0 Å². The molecule has 30 heavy (non-hydrogen) atoms. The molecular weight excluding hydrogens is 374 g/mol. The number of pyridine rings is 1. The third-order valence-corrected chi connectivity index (χ3v) is 5.00. The number of anilines is 1. The Morgan fingerprint density at radius 1 is 0.833 bits per heavy atom. The normalized spacial score (nSPS) is 10.5. The number of benzene rings is 2. The number of amides is 2. The number of nitrogens with zero attached hydrogens (tertiary/aromatic N) is 2. The summed E-state index contributed by atoms with van der Waals surface area (Å²) < 4.78 is 1.85. The van der Waals surface area contributed by atoms with Crippen molar-refractivity contribution < 1.29 is 14.2 Å². The summed E-state index contributed by atoms with van der Waals surface area (Å²) in [6, 6.07) is 21.4. The first-order valence-electron chi connectivity index (χ1n) is 10.3. The van der Waals surface area contributed by atoms with Crippen LogP contribution in [-0.4, -0.2) is 29.8 Å². The molecule has 154 valence electrons. The van der Waals surface area contributed by atoms with Gasteiger partial charge in [-0.15, -0.1) is 0 Å². The van der Waals surface area contributed by atoms with Crippen molar-refractivity contribution in [1.29, 1.82) is 0 Å². The Bertz CT molecular complexity index is 964. The van der Waals surface area contributed by atoms with Gasteiger partial charge in [0.05, 0.1) is 0 Å². The monoisotopic (exact) mass is 402 g/mol. The molecule has 0 aliphatic rings. The fraction of sp³-hybridized carbons (Fsp3) is 0.240. The summed E-state index contributed by atoms with van der Waals surface area (Å²) >= 11 is 0. The highest BCUT2D eigenvalue weighted by Crippen LogP contribution is 2.12.